The molecule has 5 atom stereocenters. The van der Waals surface area contributed by atoms with Crippen molar-refractivity contribution in [3.05, 3.63) is 0 Å². The molecule has 1 fully saturated rings. The summed E-state index contributed by atoms with van der Waals surface area (Å²) >= 11 is 0. The maximum Gasteiger partial charge on any atom is 0.186 e. The van der Waals surface area contributed by atoms with E-state index in [0.717, 1.165) is 25.7 Å². The average Bonchev–Trinajstić information content (AvgIpc) is 2.32. The second-order valence-electron chi connectivity index (χ2n) is 4.61. The van der Waals surface area contributed by atoms with E-state index in [2.05, 4.69) is 6.92 Å². The third kappa shape index (κ3) is 4.19. The van der Waals surface area contributed by atoms with E-state index in [4.69, 9.17) is 9.47 Å². The van der Waals surface area contributed by atoms with E-state index in [1.807, 2.05) is 0 Å². The molecule has 17 heavy (non-hydrogen) atoms. The Kier molecular flexibility index (Phi) is 6.37. The maximum absolute atomic E-state index is 9.67. The van der Waals surface area contributed by atoms with E-state index >= 15 is 0 Å². The molecule has 1 rings (SSSR count). The van der Waals surface area contributed by atoms with Crippen LogP contribution < -0.4 is 0 Å². The number of ether oxygens (including phenoxy) is 2. The predicted octanol–water partition coefficient (Wildman–Crippen LogP) is 0.411. The van der Waals surface area contributed by atoms with E-state index in [1.165, 1.54) is 0 Å². The number of hydrogen-bond donors (Lipinski definition) is 3. The van der Waals surface area contributed by atoms with Crippen molar-refractivity contribution in [3.8, 4) is 0 Å². The van der Waals surface area contributed by atoms with Gasteiger partial charge >= 0.3 is 0 Å². The van der Waals surface area contributed by atoms with E-state index in [0.29, 0.717) is 6.61 Å². The monoisotopic (exact) mass is 248 g/mol. The van der Waals surface area contributed by atoms with Crippen LogP contribution in [0, 0.1) is 0 Å². The van der Waals surface area contributed by atoms with Crippen LogP contribution in [0.2, 0.25) is 0 Å². The van der Waals surface area contributed by atoms with Crippen LogP contribution in [0.1, 0.15) is 39.5 Å². The number of aliphatic hydroxyl groups excluding tert-OH is 3. The van der Waals surface area contributed by atoms with Gasteiger partial charge in [-0.2, -0.15) is 0 Å². The van der Waals surface area contributed by atoms with Crippen LogP contribution in [0.3, 0.4) is 0 Å². The lowest BCUT2D eigenvalue weighted by molar-refractivity contribution is -0.293. The molecule has 0 aromatic carbocycles. The molecular formula is C12H24O5. The summed E-state index contributed by atoms with van der Waals surface area (Å²) in [5, 5.41) is 28.7. The molecule has 5 nitrogen and oxygen atoms in total. The number of rotatable bonds is 6. The first-order chi connectivity index (χ1) is 8.07. The van der Waals surface area contributed by atoms with E-state index in [1.54, 1.807) is 6.92 Å². The van der Waals surface area contributed by atoms with Crippen molar-refractivity contribution in [1.82, 2.24) is 0 Å². The van der Waals surface area contributed by atoms with Gasteiger partial charge in [0.1, 0.15) is 18.3 Å². The molecule has 0 saturated carbocycles. The van der Waals surface area contributed by atoms with Crippen molar-refractivity contribution in [2.45, 2.75) is 70.2 Å². The second kappa shape index (κ2) is 7.28. The van der Waals surface area contributed by atoms with Crippen LogP contribution in [0.25, 0.3) is 0 Å². The fourth-order valence-electron chi connectivity index (χ4n) is 1.88. The number of hydrogen-bond acceptors (Lipinski definition) is 5. The Morgan fingerprint density at radius 1 is 1.00 bits per heavy atom. The lowest BCUT2D eigenvalue weighted by Gasteiger charge is -2.38. The fraction of sp³-hybridized carbons (Fsp3) is 1.00. The van der Waals surface area contributed by atoms with Gasteiger partial charge in [-0.25, -0.2) is 0 Å². The molecule has 0 aliphatic carbocycles. The highest BCUT2D eigenvalue weighted by atomic mass is 16.7. The first kappa shape index (κ1) is 14.9. The van der Waals surface area contributed by atoms with Crippen molar-refractivity contribution in [2.75, 3.05) is 6.61 Å². The van der Waals surface area contributed by atoms with E-state index < -0.39 is 30.7 Å². The molecule has 0 spiro atoms. The van der Waals surface area contributed by atoms with Crippen LogP contribution >= 0.6 is 0 Å². The molecule has 102 valence electrons. The average molecular weight is 248 g/mol. The van der Waals surface area contributed by atoms with Crippen LogP contribution in [-0.4, -0.2) is 52.6 Å². The van der Waals surface area contributed by atoms with Gasteiger partial charge in [0, 0.05) is 6.61 Å². The SMILES string of the molecule is CCCCCCO[C@H]1O[C@@H](C)[C@H](O)[C@@H](O)[C@H]1O. The first-order valence-electron chi connectivity index (χ1n) is 6.39. The molecule has 0 aromatic heterocycles. The van der Waals surface area contributed by atoms with Gasteiger partial charge < -0.3 is 24.8 Å². The Balaban J connectivity index is 2.28. The molecule has 0 aromatic rings. The zero-order valence-electron chi connectivity index (χ0n) is 10.6. The molecule has 5 heteroatoms. The highest BCUT2D eigenvalue weighted by Gasteiger charge is 2.42. The van der Waals surface area contributed by atoms with Crippen LogP contribution in [0.4, 0.5) is 0 Å². The minimum Gasteiger partial charge on any atom is -0.388 e. The largest absolute Gasteiger partial charge is 0.388 e. The van der Waals surface area contributed by atoms with Crippen LogP contribution in [0.5, 0.6) is 0 Å². The van der Waals surface area contributed by atoms with Gasteiger partial charge in [0.2, 0.25) is 0 Å². The normalized spacial score (nSPS) is 38.3. The van der Waals surface area contributed by atoms with Gasteiger partial charge in [-0.3, -0.25) is 0 Å². The highest BCUT2D eigenvalue weighted by Crippen LogP contribution is 2.21. The third-order valence-electron chi connectivity index (χ3n) is 3.09. The van der Waals surface area contributed by atoms with Gasteiger partial charge in [-0.15, -0.1) is 0 Å². The lowest BCUT2D eigenvalue weighted by Crippen LogP contribution is -2.57. The van der Waals surface area contributed by atoms with Gasteiger partial charge in [-0.1, -0.05) is 26.2 Å². The summed E-state index contributed by atoms with van der Waals surface area (Å²) in [6, 6.07) is 0. The quantitative estimate of drug-likeness (QED) is 0.593. The minimum absolute atomic E-state index is 0.497. The third-order valence-corrected chi connectivity index (χ3v) is 3.09. The van der Waals surface area contributed by atoms with E-state index in [9.17, 15) is 15.3 Å². The topological polar surface area (TPSA) is 79.2 Å². The van der Waals surface area contributed by atoms with Crippen molar-refractivity contribution in [3.63, 3.8) is 0 Å². The summed E-state index contributed by atoms with van der Waals surface area (Å²) in [6.07, 6.45) is -0.525. The van der Waals surface area contributed by atoms with Gasteiger partial charge in [-0.05, 0) is 13.3 Å². The number of unbranched alkanes of at least 4 members (excludes halogenated alkanes) is 3. The summed E-state index contributed by atoms with van der Waals surface area (Å²) in [7, 11) is 0. The first-order valence-corrected chi connectivity index (χ1v) is 6.39. The van der Waals surface area contributed by atoms with Crippen molar-refractivity contribution in [2.24, 2.45) is 0 Å². The smallest absolute Gasteiger partial charge is 0.186 e. The zero-order chi connectivity index (χ0) is 12.8. The molecule has 0 amide bonds. The zero-order valence-corrected chi connectivity index (χ0v) is 10.6. The van der Waals surface area contributed by atoms with Crippen molar-refractivity contribution >= 4 is 0 Å². The lowest BCUT2D eigenvalue weighted by atomic mass is 10.0. The van der Waals surface area contributed by atoms with Gasteiger partial charge in [0.15, 0.2) is 6.29 Å². The molecule has 1 aliphatic rings. The second-order valence-corrected chi connectivity index (χ2v) is 4.61. The Morgan fingerprint density at radius 2 is 1.71 bits per heavy atom. The molecule has 0 bridgehead atoms. The maximum atomic E-state index is 9.67. The molecule has 1 aliphatic heterocycles. The summed E-state index contributed by atoms with van der Waals surface area (Å²) in [5.41, 5.74) is 0. The Hall–Kier alpha value is -0.200. The molecule has 3 N–H and O–H groups in total. The van der Waals surface area contributed by atoms with Crippen molar-refractivity contribution < 1.29 is 24.8 Å². The predicted molar refractivity (Wildman–Crippen MR) is 62.4 cm³/mol. The summed E-state index contributed by atoms with van der Waals surface area (Å²) in [6.45, 7) is 4.28. The van der Waals surface area contributed by atoms with Gasteiger partial charge in [0.05, 0.1) is 6.10 Å². The summed E-state index contributed by atoms with van der Waals surface area (Å²) in [5.74, 6) is 0. The highest BCUT2D eigenvalue weighted by molar-refractivity contribution is 4.87. The summed E-state index contributed by atoms with van der Waals surface area (Å²) in [4.78, 5) is 0. The van der Waals surface area contributed by atoms with E-state index in [-0.39, 0.29) is 0 Å². The Bertz CT molecular complexity index is 211. The van der Waals surface area contributed by atoms with Gasteiger partial charge in [0.25, 0.3) is 0 Å². The Morgan fingerprint density at radius 3 is 2.35 bits per heavy atom. The number of aliphatic hydroxyl groups is 3. The molecule has 0 radical (unpaired) electrons. The summed E-state index contributed by atoms with van der Waals surface area (Å²) < 4.78 is 10.7. The molecule has 1 heterocycles. The standard InChI is InChI=1S/C12H24O5/c1-3-4-5-6-7-16-12-11(15)10(14)9(13)8(2)17-12/h8-15H,3-7H2,1-2H3/t8-,9-,10+,11+,12-/m0/s1. The molecule has 0 unspecified atom stereocenters. The van der Waals surface area contributed by atoms with Crippen molar-refractivity contribution in [1.29, 1.82) is 0 Å². The Labute approximate surface area is 102 Å². The van der Waals surface area contributed by atoms with Crippen LogP contribution in [-0.2, 0) is 9.47 Å². The van der Waals surface area contributed by atoms with Crippen LogP contribution in [0.15, 0.2) is 0 Å². The molecule has 1 saturated heterocycles. The minimum atomic E-state index is -1.21. The molecular weight excluding hydrogens is 224 g/mol. The fourth-order valence-corrected chi connectivity index (χ4v) is 1.88.